The minimum atomic E-state index is -0.170. The molecule has 2 aromatic rings. The predicted molar refractivity (Wildman–Crippen MR) is 92.2 cm³/mol. The van der Waals surface area contributed by atoms with Gasteiger partial charge in [0.15, 0.2) is 0 Å². The molecule has 2 aliphatic heterocycles. The minimum absolute atomic E-state index is 0.170. The number of nitrogens with zero attached hydrogens (tertiary/aromatic N) is 2. The van der Waals surface area contributed by atoms with E-state index in [1.807, 2.05) is 17.0 Å². The van der Waals surface area contributed by atoms with Crippen molar-refractivity contribution in [3.05, 3.63) is 59.5 Å². The van der Waals surface area contributed by atoms with Crippen molar-refractivity contribution >= 4 is 5.91 Å². The summed E-state index contributed by atoms with van der Waals surface area (Å²) in [7, 11) is 0. The lowest BCUT2D eigenvalue weighted by molar-refractivity contribution is -0.136. The van der Waals surface area contributed by atoms with Crippen molar-refractivity contribution in [1.29, 1.82) is 0 Å². The van der Waals surface area contributed by atoms with Crippen molar-refractivity contribution in [3.8, 4) is 0 Å². The first kappa shape index (κ1) is 15.5. The summed E-state index contributed by atoms with van der Waals surface area (Å²) in [6, 6.07) is 12.4. The maximum absolute atomic E-state index is 13.0. The molecule has 24 heavy (non-hydrogen) atoms. The maximum atomic E-state index is 13.0. The molecule has 4 rings (SSSR count). The quantitative estimate of drug-likeness (QED) is 0.866. The zero-order valence-electron chi connectivity index (χ0n) is 14.2. The van der Waals surface area contributed by atoms with E-state index in [4.69, 9.17) is 4.42 Å². The molecule has 126 valence electrons. The molecule has 0 aliphatic carbocycles. The van der Waals surface area contributed by atoms with Gasteiger partial charge in [-0.25, -0.2) is 0 Å². The molecular formula is C20H24N2O2. The van der Waals surface area contributed by atoms with E-state index < -0.39 is 0 Å². The smallest absolute Gasteiger partial charge is 0.230 e. The molecule has 1 amide bonds. The van der Waals surface area contributed by atoms with Gasteiger partial charge in [-0.2, -0.15) is 0 Å². The molecule has 1 spiro atoms. The second-order valence-corrected chi connectivity index (χ2v) is 7.29. The summed E-state index contributed by atoms with van der Waals surface area (Å²) in [4.78, 5) is 17.4. The number of carbonyl (C=O) groups excluding carboxylic acids is 1. The van der Waals surface area contributed by atoms with Crippen LogP contribution in [0.15, 0.2) is 47.1 Å². The lowest BCUT2D eigenvalue weighted by atomic mass is 9.85. The Hall–Kier alpha value is -2.07. The number of likely N-dealkylation sites (tertiary alicyclic amines) is 2. The number of aryl methyl sites for hydroxylation is 1. The Balaban J connectivity index is 1.41. The van der Waals surface area contributed by atoms with Crippen molar-refractivity contribution < 1.29 is 9.21 Å². The maximum Gasteiger partial charge on any atom is 0.230 e. The Morgan fingerprint density at radius 1 is 1.12 bits per heavy atom. The largest absolute Gasteiger partial charge is 0.468 e. The highest BCUT2D eigenvalue weighted by Crippen LogP contribution is 2.41. The van der Waals surface area contributed by atoms with E-state index >= 15 is 0 Å². The van der Waals surface area contributed by atoms with E-state index in [1.54, 1.807) is 6.26 Å². The number of rotatable bonds is 4. The van der Waals surface area contributed by atoms with Gasteiger partial charge >= 0.3 is 0 Å². The van der Waals surface area contributed by atoms with Gasteiger partial charge in [0.2, 0.25) is 5.91 Å². The van der Waals surface area contributed by atoms with Crippen LogP contribution in [0.3, 0.4) is 0 Å². The average molecular weight is 324 g/mol. The normalized spacial score (nSPS) is 24.4. The molecule has 0 N–H and O–H groups in total. The number of amides is 1. The molecule has 0 bridgehead atoms. The van der Waals surface area contributed by atoms with Gasteiger partial charge < -0.3 is 9.32 Å². The molecule has 1 aromatic carbocycles. The predicted octanol–water partition coefficient (Wildman–Crippen LogP) is 3.21. The fourth-order valence-electron chi connectivity index (χ4n) is 4.17. The topological polar surface area (TPSA) is 36.7 Å². The molecular weight excluding hydrogens is 300 g/mol. The molecule has 0 radical (unpaired) electrons. The molecule has 1 aromatic heterocycles. The van der Waals surface area contributed by atoms with Gasteiger partial charge in [0.05, 0.1) is 18.2 Å². The molecule has 0 unspecified atom stereocenters. The number of hydrogen-bond acceptors (Lipinski definition) is 3. The van der Waals surface area contributed by atoms with Crippen LogP contribution in [0.25, 0.3) is 0 Å². The standard InChI is InChI=1S/C20H24N2O2/c1-16-4-2-5-17(12-16)13-22-10-8-20(19(22)23)7-9-21(15-20)14-18-6-3-11-24-18/h2-6,11-12H,7-10,13-15H2,1H3/t20-/m0/s1. The summed E-state index contributed by atoms with van der Waals surface area (Å²) < 4.78 is 5.45. The summed E-state index contributed by atoms with van der Waals surface area (Å²) >= 11 is 0. The minimum Gasteiger partial charge on any atom is -0.468 e. The third-order valence-corrected chi connectivity index (χ3v) is 5.45. The van der Waals surface area contributed by atoms with Gasteiger partial charge in [0, 0.05) is 19.6 Å². The second kappa shape index (κ2) is 6.10. The van der Waals surface area contributed by atoms with Crippen LogP contribution >= 0.6 is 0 Å². The molecule has 2 aliphatic rings. The van der Waals surface area contributed by atoms with Crippen LogP contribution in [-0.4, -0.2) is 35.3 Å². The Bertz CT molecular complexity index is 725. The lowest BCUT2D eigenvalue weighted by Gasteiger charge is -2.23. The monoisotopic (exact) mass is 324 g/mol. The molecule has 2 saturated heterocycles. The van der Waals surface area contributed by atoms with Gasteiger partial charge in [-0.05, 0) is 44.0 Å². The zero-order valence-corrected chi connectivity index (χ0v) is 14.2. The van der Waals surface area contributed by atoms with Crippen LogP contribution in [0.1, 0.15) is 29.7 Å². The third kappa shape index (κ3) is 2.86. The summed E-state index contributed by atoms with van der Waals surface area (Å²) in [5.41, 5.74) is 2.31. The number of carbonyl (C=O) groups is 1. The van der Waals surface area contributed by atoms with Crippen LogP contribution in [0.4, 0.5) is 0 Å². The summed E-state index contributed by atoms with van der Waals surface area (Å²) in [5.74, 6) is 1.32. The van der Waals surface area contributed by atoms with E-state index in [2.05, 4.69) is 36.1 Å². The van der Waals surface area contributed by atoms with Crippen molar-refractivity contribution in [2.75, 3.05) is 19.6 Å². The van der Waals surface area contributed by atoms with Crippen molar-refractivity contribution in [3.63, 3.8) is 0 Å². The molecule has 4 nitrogen and oxygen atoms in total. The Morgan fingerprint density at radius 2 is 2.00 bits per heavy atom. The Kier molecular flexibility index (Phi) is 3.93. The van der Waals surface area contributed by atoms with Crippen molar-refractivity contribution in [1.82, 2.24) is 9.80 Å². The first-order chi connectivity index (χ1) is 11.6. The van der Waals surface area contributed by atoms with Crippen molar-refractivity contribution in [2.24, 2.45) is 5.41 Å². The number of benzene rings is 1. The Morgan fingerprint density at radius 3 is 2.79 bits per heavy atom. The molecule has 3 heterocycles. The average Bonchev–Trinajstić information content (AvgIpc) is 3.27. The highest BCUT2D eigenvalue weighted by Gasteiger charge is 2.50. The first-order valence-electron chi connectivity index (χ1n) is 8.74. The molecule has 0 saturated carbocycles. The van der Waals surface area contributed by atoms with E-state index in [-0.39, 0.29) is 5.41 Å². The first-order valence-corrected chi connectivity index (χ1v) is 8.74. The molecule has 1 atom stereocenters. The summed E-state index contributed by atoms with van der Waals surface area (Å²) in [6.45, 7) is 6.35. The lowest BCUT2D eigenvalue weighted by Crippen LogP contribution is -2.36. The van der Waals surface area contributed by atoms with Crippen LogP contribution < -0.4 is 0 Å². The van der Waals surface area contributed by atoms with Crippen LogP contribution in [0, 0.1) is 12.3 Å². The zero-order chi connectivity index (χ0) is 16.6. The summed E-state index contributed by atoms with van der Waals surface area (Å²) in [5, 5.41) is 0. The van der Waals surface area contributed by atoms with Crippen LogP contribution in [0.5, 0.6) is 0 Å². The van der Waals surface area contributed by atoms with Gasteiger partial charge in [-0.3, -0.25) is 9.69 Å². The van der Waals surface area contributed by atoms with E-state index in [0.717, 1.165) is 51.3 Å². The number of furan rings is 1. The second-order valence-electron chi connectivity index (χ2n) is 7.29. The molecule has 4 heteroatoms. The van der Waals surface area contributed by atoms with Gasteiger partial charge in [0.25, 0.3) is 0 Å². The third-order valence-electron chi connectivity index (χ3n) is 5.45. The fraction of sp³-hybridized carbons (Fsp3) is 0.450. The summed E-state index contributed by atoms with van der Waals surface area (Å²) in [6.07, 6.45) is 3.66. The number of hydrogen-bond donors (Lipinski definition) is 0. The highest BCUT2D eigenvalue weighted by atomic mass is 16.3. The highest BCUT2D eigenvalue weighted by molar-refractivity contribution is 5.85. The van der Waals surface area contributed by atoms with E-state index in [1.165, 1.54) is 11.1 Å². The van der Waals surface area contributed by atoms with Gasteiger partial charge in [-0.15, -0.1) is 0 Å². The Labute approximate surface area is 143 Å². The van der Waals surface area contributed by atoms with Crippen LogP contribution in [-0.2, 0) is 17.9 Å². The SMILES string of the molecule is Cc1cccc(CN2CC[C@]3(CCN(Cc4ccco4)C3)C2=O)c1. The van der Waals surface area contributed by atoms with Crippen molar-refractivity contribution in [2.45, 2.75) is 32.9 Å². The fourth-order valence-corrected chi connectivity index (χ4v) is 4.17. The van der Waals surface area contributed by atoms with Crippen LogP contribution in [0.2, 0.25) is 0 Å². The molecule has 2 fully saturated rings. The van der Waals surface area contributed by atoms with Gasteiger partial charge in [-0.1, -0.05) is 29.8 Å². The van der Waals surface area contributed by atoms with Gasteiger partial charge in [0.1, 0.15) is 5.76 Å². The van der Waals surface area contributed by atoms with E-state index in [9.17, 15) is 4.79 Å². The van der Waals surface area contributed by atoms with E-state index in [0.29, 0.717) is 5.91 Å².